The second-order valence-corrected chi connectivity index (χ2v) is 7.37. The van der Waals surface area contributed by atoms with Gasteiger partial charge in [0.25, 0.3) is 0 Å². The van der Waals surface area contributed by atoms with E-state index in [-0.39, 0.29) is 0 Å². The molecule has 0 saturated heterocycles. The Labute approximate surface area is 130 Å². The van der Waals surface area contributed by atoms with E-state index in [1.165, 1.54) is 6.26 Å². The molecule has 0 saturated carbocycles. The summed E-state index contributed by atoms with van der Waals surface area (Å²) < 4.78 is 31.0. The van der Waals surface area contributed by atoms with Crippen LogP contribution in [-0.2, 0) is 29.5 Å². The Bertz CT molecular complexity index is 783. The summed E-state index contributed by atoms with van der Waals surface area (Å²) in [6.45, 7) is 4.17. The molecule has 1 aromatic heterocycles. The molecule has 2 aromatic rings. The monoisotopic (exact) mass is 321 g/mol. The molecule has 6 nitrogen and oxygen atoms in total. The third-order valence-corrected chi connectivity index (χ3v) is 4.28. The number of rotatable bonds is 4. The molecular formula is C15H19N3O3S. The first-order valence-electron chi connectivity index (χ1n) is 7.13. The summed E-state index contributed by atoms with van der Waals surface area (Å²) in [5, 5.41) is 0. The van der Waals surface area contributed by atoms with Gasteiger partial charge in [-0.1, -0.05) is 12.1 Å². The minimum absolute atomic E-state index is 0.673. The fraction of sp³-hybridized carbons (Fsp3) is 0.400. The SMILES string of the molecule is Cc1ncc(CN2CCc3c(cccc3NS(C)(=O)=O)C2)o1. The molecule has 0 unspecified atom stereocenters. The quantitative estimate of drug-likeness (QED) is 0.931. The van der Waals surface area contributed by atoms with Gasteiger partial charge in [0.05, 0.1) is 24.7 Å². The molecule has 0 atom stereocenters. The molecule has 3 rings (SSSR count). The van der Waals surface area contributed by atoms with E-state index >= 15 is 0 Å². The lowest BCUT2D eigenvalue weighted by Gasteiger charge is -2.29. The number of nitrogens with one attached hydrogen (secondary N) is 1. The van der Waals surface area contributed by atoms with E-state index < -0.39 is 10.0 Å². The van der Waals surface area contributed by atoms with Gasteiger partial charge in [0, 0.05) is 20.0 Å². The van der Waals surface area contributed by atoms with Crippen molar-refractivity contribution >= 4 is 15.7 Å². The van der Waals surface area contributed by atoms with E-state index in [1.54, 1.807) is 6.20 Å². The highest BCUT2D eigenvalue weighted by Gasteiger charge is 2.20. The number of nitrogens with zero attached hydrogens (tertiary/aromatic N) is 2. The van der Waals surface area contributed by atoms with Gasteiger partial charge < -0.3 is 4.42 Å². The summed E-state index contributed by atoms with van der Waals surface area (Å²) in [6.07, 6.45) is 3.74. The van der Waals surface area contributed by atoms with Gasteiger partial charge in [-0.05, 0) is 23.6 Å². The van der Waals surface area contributed by atoms with Crippen molar-refractivity contribution in [2.45, 2.75) is 26.4 Å². The van der Waals surface area contributed by atoms with Gasteiger partial charge in [-0.3, -0.25) is 9.62 Å². The normalized spacial score (nSPS) is 15.5. The lowest BCUT2D eigenvalue weighted by Crippen LogP contribution is -2.30. The zero-order chi connectivity index (χ0) is 15.7. The molecule has 1 N–H and O–H groups in total. The third-order valence-electron chi connectivity index (χ3n) is 3.69. The highest BCUT2D eigenvalue weighted by molar-refractivity contribution is 7.92. The van der Waals surface area contributed by atoms with Crippen molar-refractivity contribution in [1.82, 2.24) is 9.88 Å². The topological polar surface area (TPSA) is 75.4 Å². The predicted molar refractivity (Wildman–Crippen MR) is 84.0 cm³/mol. The number of anilines is 1. The average molecular weight is 321 g/mol. The number of oxazole rings is 1. The Kier molecular flexibility index (Phi) is 3.92. The smallest absolute Gasteiger partial charge is 0.229 e. The molecule has 1 aliphatic heterocycles. The van der Waals surface area contributed by atoms with Gasteiger partial charge in [0.1, 0.15) is 5.76 Å². The molecule has 7 heteroatoms. The molecule has 0 radical (unpaired) electrons. The molecule has 1 aliphatic rings. The van der Waals surface area contributed by atoms with E-state index in [2.05, 4.69) is 14.6 Å². The van der Waals surface area contributed by atoms with Crippen molar-refractivity contribution in [3.63, 3.8) is 0 Å². The number of benzene rings is 1. The van der Waals surface area contributed by atoms with Crippen LogP contribution in [0.15, 0.2) is 28.8 Å². The number of fused-ring (bicyclic) bond motifs is 1. The second-order valence-electron chi connectivity index (χ2n) is 5.62. The van der Waals surface area contributed by atoms with Gasteiger partial charge in [0.15, 0.2) is 5.89 Å². The first-order chi connectivity index (χ1) is 10.4. The van der Waals surface area contributed by atoms with Crippen LogP contribution < -0.4 is 4.72 Å². The highest BCUT2D eigenvalue weighted by Crippen LogP contribution is 2.27. The molecule has 0 bridgehead atoms. The fourth-order valence-electron chi connectivity index (χ4n) is 2.80. The van der Waals surface area contributed by atoms with Gasteiger partial charge in [0.2, 0.25) is 10.0 Å². The molecular weight excluding hydrogens is 302 g/mol. The molecule has 2 heterocycles. The standard InChI is InChI=1S/C15H19N3O3S/c1-11-16-8-13(21-11)10-18-7-6-14-12(9-18)4-3-5-15(14)17-22(2,19)20/h3-5,8,17H,6-7,9-10H2,1-2H3. The summed E-state index contributed by atoms with van der Waals surface area (Å²) >= 11 is 0. The predicted octanol–water partition coefficient (Wildman–Crippen LogP) is 1.91. The van der Waals surface area contributed by atoms with Crippen LogP contribution in [-0.4, -0.2) is 31.1 Å². The average Bonchev–Trinajstić information content (AvgIpc) is 2.82. The summed E-state index contributed by atoms with van der Waals surface area (Å²) in [7, 11) is -3.26. The first-order valence-corrected chi connectivity index (χ1v) is 9.02. The lowest BCUT2D eigenvalue weighted by atomic mass is 9.98. The molecule has 0 aliphatic carbocycles. The van der Waals surface area contributed by atoms with Gasteiger partial charge >= 0.3 is 0 Å². The molecule has 0 spiro atoms. The van der Waals surface area contributed by atoms with Crippen LogP contribution in [0.4, 0.5) is 5.69 Å². The molecule has 0 fully saturated rings. The third kappa shape index (κ3) is 3.48. The highest BCUT2D eigenvalue weighted by atomic mass is 32.2. The van der Waals surface area contributed by atoms with Crippen LogP contribution >= 0.6 is 0 Å². The number of aryl methyl sites for hydroxylation is 1. The maximum absolute atomic E-state index is 11.5. The number of hydrogen-bond donors (Lipinski definition) is 1. The number of hydrogen-bond acceptors (Lipinski definition) is 5. The molecule has 118 valence electrons. The zero-order valence-electron chi connectivity index (χ0n) is 12.7. The summed E-state index contributed by atoms with van der Waals surface area (Å²) in [5.41, 5.74) is 2.92. The van der Waals surface area contributed by atoms with Crippen LogP contribution in [0.1, 0.15) is 22.8 Å². The van der Waals surface area contributed by atoms with Crippen molar-refractivity contribution < 1.29 is 12.8 Å². The Morgan fingerprint density at radius 2 is 2.23 bits per heavy atom. The van der Waals surface area contributed by atoms with E-state index in [9.17, 15) is 8.42 Å². The van der Waals surface area contributed by atoms with Crippen LogP contribution in [0.2, 0.25) is 0 Å². The summed E-state index contributed by atoms with van der Waals surface area (Å²) in [6, 6.07) is 5.74. The number of aromatic nitrogens is 1. The Morgan fingerprint density at radius 1 is 1.41 bits per heavy atom. The zero-order valence-corrected chi connectivity index (χ0v) is 13.5. The van der Waals surface area contributed by atoms with Gasteiger partial charge in [-0.25, -0.2) is 13.4 Å². The number of sulfonamides is 1. The fourth-order valence-corrected chi connectivity index (χ4v) is 3.39. The molecule has 22 heavy (non-hydrogen) atoms. The maximum Gasteiger partial charge on any atom is 0.229 e. The van der Waals surface area contributed by atoms with Gasteiger partial charge in [-0.2, -0.15) is 0 Å². The lowest BCUT2D eigenvalue weighted by molar-refractivity contribution is 0.224. The minimum Gasteiger partial charge on any atom is -0.445 e. The van der Waals surface area contributed by atoms with E-state index in [0.717, 1.165) is 36.4 Å². The van der Waals surface area contributed by atoms with Crippen LogP contribution in [0.25, 0.3) is 0 Å². The van der Waals surface area contributed by atoms with E-state index in [0.29, 0.717) is 18.1 Å². The van der Waals surface area contributed by atoms with Crippen LogP contribution in [0.3, 0.4) is 0 Å². The maximum atomic E-state index is 11.5. The first kappa shape index (κ1) is 15.1. The van der Waals surface area contributed by atoms with Crippen LogP contribution in [0.5, 0.6) is 0 Å². The van der Waals surface area contributed by atoms with E-state index in [1.807, 2.05) is 25.1 Å². The summed E-state index contributed by atoms with van der Waals surface area (Å²) in [5.74, 6) is 1.53. The van der Waals surface area contributed by atoms with Crippen molar-refractivity contribution in [3.8, 4) is 0 Å². The van der Waals surface area contributed by atoms with Crippen LogP contribution in [0, 0.1) is 6.92 Å². The largest absolute Gasteiger partial charge is 0.445 e. The molecule has 0 amide bonds. The van der Waals surface area contributed by atoms with Crippen molar-refractivity contribution in [3.05, 3.63) is 47.2 Å². The van der Waals surface area contributed by atoms with Crippen molar-refractivity contribution in [2.24, 2.45) is 0 Å². The second kappa shape index (κ2) is 5.73. The molecule has 1 aromatic carbocycles. The Morgan fingerprint density at radius 3 is 2.91 bits per heavy atom. The Hall–Kier alpha value is -1.86. The minimum atomic E-state index is -3.26. The van der Waals surface area contributed by atoms with Crippen molar-refractivity contribution in [2.75, 3.05) is 17.5 Å². The van der Waals surface area contributed by atoms with E-state index in [4.69, 9.17) is 4.42 Å². The van der Waals surface area contributed by atoms with Crippen molar-refractivity contribution in [1.29, 1.82) is 0 Å². The summed E-state index contributed by atoms with van der Waals surface area (Å²) in [4.78, 5) is 6.38. The Balaban J connectivity index is 1.77. The van der Waals surface area contributed by atoms with Gasteiger partial charge in [-0.15, -0.1) is 0 Å².